The number of hydrogen-bond acceptors (Lipinski definition) is 1. The molecule has 1 aromatic carbocycles. The summed E-state index contributed by atoms with van der Waals surface area (Å²) in [5, 5.41) is 3.05. The summed E-state index contributed by atoms with van der Waals surface area (Å²) in [6.45, 7) is 0. The normalized spacial score (nSPS) is 13.7. The van der Waals surface area contributed by atoms with Crippen LogP contribution in [0.5, 0.6) is 0 Å². The summed E-state index contributed by atoms with van der Waals surface area (Å²) in [7, 11) is 1.76. The lowest BCUT2D eigenvalue weighted by molar-refractivity contribution is -0.135. The second-order valence-corrected chi connectivity index (χ2v) is 5.78. The van der Waals surface area contributed by atoms with Crippen LogP contribution < -0.4 is 5.32 Å². The van der Waals surface area contributed by atoms with Gasteiger partial charge < -0.3 is 5.32 Å². The predicted octanol–water partition coefficient (Wildman–Crippen LogP) is 5.20. The van der Waals surface area contributed by atoms with E-state index in [1.54, 1.807) is 7.05 Å². The Morgan fingerprint density at radius 2 is 1.94 bits per heavy atom. The van der Waals surface area contributed by atoms with Gasteiger partial charge >= 0.3 is 6.18 Å². The highest BCUT2D eigenvalue weighted by Crippen LogP contribution is 2.31. The fourth-order valence-electron chi connectivity index (χ4n) is 1.75. The number of nitrogens with one attached hydrogen (secondary N) is 1. The predicted molar refractivity (Wildman–Crippen MR) is 73.5 cm³/mol. The minimum atomic E-state index is -4.07. The molecule has 1 aromatic rings. The molecule has 0 heterocycles. The molecule has 1 N–H and O–H groups in total. The Bertz CT molecular complexity index is 393. The highest BCUT2D eigenvalue weighted by atomic mass is 79.9. The van der Waals surface area contributed by atoms with Crippen LogP contribution >= 0.6 is 31.9 Å². The molecule has 0 bridgehead atoms. The maximum absolute atomic E-state index is 12.1. The van der Waals surface area contributed by atoms with Gasteiger partial charge in [-0.15, -0.1) is 0 Å². The van der Waals surface area contributed by atoms with Crippen molar-refractivity contribution >= 4 is 31.9 Å². The first-order valence-corrected chi connectivity index (χ1v) is 7.11. The van der Waals surface area contributed by atoms with Crippen LogP contribution in [-0.4, -0.2) is 13.2 Å². The topological polar surface area (TPSA) is 12.0 Å². The van der Waals surface area contributed by atoms with Crippen LogP contribution in [0.2, 0.25) is 0 Å². The van der Waals surface area contributed by atoms with Gasteiger partial charge in [0.25, 0.3) is 0 Å². The van der Waals surface area contributed by atoms with Gasteiger partial charge in [-0.3, -0.25) is 0 Å². The number of hydrogen-bond donors (Lipinski definition) is 1. The average molecular weight is 389 g/mol. The van der Waals surface area contributed by atoms with Gasteiger partial charge in [-0.25, -0.2) is 0 Å². The second kappa shape index (κ2) is 6.91. The summed E-state index contributed by atoms with van der Waals surface area (Å²) in [6.07, 6.45) is -4.23. The quantitative estimate of drug-likeness (QED) is 0.730. The maximum atomic E-state index is 12.1. The average Bonchev–Trinajstić information content (AvgIpc) is 2.24. The third-order valence-electron chi connectivity index (χ3n) is 2.64. The molecule has 0 fully saturated rings. The molecule has 6 heteroatoms. The summed E-state index contributed by atoms with van der Waals surface area (Å²) in [6, 6.07) is 5.61. The van der Waals surface area contributed by atoms with E-state index in [2.05, 4.69) is 37.2 Å². The van der Waals surface area contributed by atoms with Gasteiger partial charge in [0.2, 0.25) is 0 Å². The zero-order chi connectivity index (χ0) is 13.8. The van der Waals surface area contributed by atoms with Gasteiger partial charge in [0, 0.05) is 21.4 Å². The molecule has 0 aromatic heterocycles. The number of halogens is 5. The van der Waals surface area contributed by atoms with Gasteiger partial charge in [-0.05, 0) is 37.6 Å². The van der Waals surface area contributed by atoms with Crippen LogP contribution in [0.25, 0.3) is 0 Å². The molecule has 18 heavy (non-hydrogen) atoms. The zero-order valence-corrected chi connectivity index (χ0v) is 13.0. The largest absolute Gasteiger partial charge is 0.389 e. The van der Waals surface area contributed by atoms with Gasteiger partial charge in [0.15, 0.2) is 0 Å². The molecule has 0 saturated carbocycles. The van der Waals surface area contributed by atoms with E-state index < -0.39 is 12.6 Å². The van der Waals surface area contributed by atoms with Crippen molar-refractivity contribution in [3.8, 4) is 0 Å². The van der Waals surface area contributed by atoms with Crippen molar-refractivity contribution in [3.63, 3.8) is 0 Å². The molecular formula is C12H14Br2F3N. The van der Waals surface area contributed by atoms with Crippen LogP contribution in [0.1, 0.15) is 30.9 Å². The van der Waals surface area contributed by atoms with E-state index in [0.29, 0.717) is 6.42 Å². The highest BCUT2D eigenvalue weighted by Gasteiger charge is 2.27. The lowest BCUT2D eigenvalue weighted by Gasteiger charge is -2.18. The summed E-state index contributed by atoms with van der Waals surface area (Å²) in [4.78, 5) is 0. The number of alkyl halides is 3. The highest BCUT2D eigenvalue weighted by molar-refractivity contribution is 9.11. The van der Waals surface area contributed by atoms with Gasteiger partial charge in [-0.2, -0.15) is 13.2 Å². The summed E-state index contributed by atoms with van der Waals surface area (Å²) in [5.41, 5.74) is 0.975. The van der Waals surface area contributed by atoms with Crippen LogP contribution in [0.4, 0.5) is 13.2 Å². The molecule has 1 unspecified atom stereocenters. The van der Waals surface area contributed by atoms with Crippen LogP contribution in [0.3, 0.4) is 0 Å². The summed E-state index contributed by atoms with van der Waals surface area (Å²) in [5.74, 6) is 0. The van der Waals surface area contributed by atoms with E-state index in [1.165, 1.54) is 0 Å². The molecule has 102 valence electrons. The molecule has 1 nitrogen and oxygen atoms in total. The minimum Gasteiger partial charge on any atom is -0.313 e. The van der Waals surface area contributed by atoms with Gasteiger partial charge in [0.05, 0.1) is 0 Å². The molecule has 0 radical (unpaired) electrons. The summed E-state index contributed by atoms with van der Waals surface area (Å²) >= 11 is 6.77. The SMILES string of the molecule is CNC(CCCC(F)(F)F)c1ccc(Br)cc1Br. The van der Waals surface area contributed by atoms with E-state index in [1.807, 2.05) is 18.2 Å². The number of rotatable bonds is 5. The molecule has 1 atom stereocenters. The lowest BCUT2D eigenvalue weighted by Crippen LogP contribution is -2.18. The Labute approximate surface area is 121 Å². The first-order valence-electron chi connectivity index (χ1n) is 5.52. The summed E-state index contributed by atoms with van der Waals surface area (Å²) < 4.78 is 38.2. The van der Waals surface area contributed by atoms with Gasteiger partial charge in [0.1, 0.15) is 0 Å². The van der Waals surface area contributed by atoms with Crippen molar-refractivity contribution in [3.05, 3.63) is 32.7 Å². The Morgan fingerprint density at radius 1 is 1.28 bits per heavy atom. The van der Waals surface area contributed by atoms with Crippen molar-refractivity contribution in [2.75, 3.05) is 7.05 Å². The smallest absolute Gasteiger partial charge is 0.313 e. The van der Waals surface area contributed by atoms with E-state index in [4.69, 9.17) is 0 Å². The standard InChI is InChI=1S/C12H14Br2F3N/c1-18-11(3-2-6-12(15,16)17)9-5-4-8(13)7-10(9)14/h4-5,7,11,18H,2-3,6H2,1H3. The number of benzene rings is 1. The fourth-order valence-corrected chi connectivity index (χ4v) is 3.07. The first kappa shape index (κ1) is 16.0. The Morgan fingerprint density at radius 3 is 2.44 bits per heavy atom. The van der Waals surface area contributed by atoms with Crippen molar-refractivity contribution in [1.29, 1.82) is 0 Å². The van der Waals surface area contributed by atoms with Crippen molar-refractivity contribution in [2.24, 2.45) is 0 Å². The molecular weight excluding hydrogens is 375 g/mol. The Balaban J connectivity index is 2.66. The molecule has 0 amide bonds. The molecule has 0 aliphatic rings. The zero-order valence-electron chi connectivity index (χ0n) is 9.82. The molecule has 0 aliphatic heterocycles. The van der Waals surface area contributed by atoms with Crippen LogP contribution in [0.15, 0.2) is 27.1 Å². The van der Waals surface area contributed by atoms with E-state index >= 15 is 0 Å². The molecule has 0 saturated heterocycles. The van der Waals surface area contributed by atoms with Crippen molar-refractivity contribution < 1.29 is 13.2 Å². The molecule has 1 rings (SSSR count). The minimum absolute atomic E-state index is 0.0742. The Hall–Kier alpha value is -0.0700. The van der Waals surface area contributed by atoms with Crippen LogP contribution in [-0.2, 0) is 0 Å². The van der Waals surface area contributed by atoms with Crippen LogP contribution in [0, 0.1) is 0 Å². The molecule has 0 aliphatic carbocycles. The molecule has 0 spiro atoms. The van der Waals surface area contributed by atoms with Crippen molar-refractivity contribution in [1.82, 2.24) is 5.32 Å². The maximum Gasteiger partial charge on any atom is 0.389 e. The van der Waals surface area contributed by atoms with Gasteiger partial charge in [-0.1, -0.05) is 37.9 Å². The second-order valence-electron chi connectivity index (χ2n) is 4.01. The lowest BCUT2D eigenvalue weighted by atomic mass is 10.0. The third kappa shape index (κ3) is 5.28. The first-order chi connectivity index (χ1) is 8.33. The third-order valence-corrected chi connectivity index (χ3v) is 3.82. The van der Waals surface area contributed by atoms with E-state index in [0.717, 1.165) is 14.5 Å². The van der Waals surface area contributed by atoms with E-state index in [9.17, 15) is 13.2 Å². The fraction of sp³-hybridized carbons (Fsp3) is 0.500. The van der Waals surface area contributed by atoms with Crippen molar-refractivity contribution in [2.45, 2.75) is 31.5 Å². The monoisotopic (exact) mass is 387 g/mol. The van der Waals surface area contributed by atoms with E-state index in [-0.39, 0.29) is 12.5 Å². The Kier molecular flexibility index (Phi) is 6.14.